The van der Waals surface area contributed by atoms with Crippen LogP contribution in [-0.2, 0) is 6.42 Å². The zero-order chi connectivity index (χ0) is 16.7. The Bertz CT molecular complexity index is 924. The molecule has 1 N–H and O–H groups in total. The Morgan fingerprint density at radius 2 is 1.71 bits per heavy atom. The van der Waals surface area contributed by atoms with E-state index in [0.29, 0.717) is 17.3 Å². The highest BCUT2D eigenvalue weighted by Gasteiger charge is 2.30. The van der Waals surface area contributed by atoms with Crippen LogP contribution in [0.25, 0.3) is 11.5 Å². The van der Waals surface area contributed by atoms with Gasteiger partial charge >= 0.3 is 5.95 Å². The third-order valence-corrected chi connectivity index (χ3v) is 4.16. The summed E-state index contributed by atoms with van der Waals surface area (Å²) in [7, 11) is 0. The van der Waals surface area contributed by atoms with E-state index in [1.165, 1.54) is 5.56 Å². The number of benzene rings is 2. The van der Waals surface area contributed by atoms with Crippen LogP contribution in [0.15, 0.2) is 64.0 Å². The number of aromatic nitrogens is 1. The first-order chi connectivity index (χ1) is 11.5. The number of nitrogens with zero attached hydrogens (tertiary/aromatic N) is 2. The second kappa shape index (κ2) is 5.34. The van der Waals surface area contributed by atoms with Gasteiger partial charge in [-0.3, -0.25) is 4.99 Å². The van der Waals surface area contributed by atoms with Crippen molar-refractivity contribution in [3.8, 4) is 17.4 Å². The molecule has 0 aliphatic carbocycles. The van der Waals surface area contributed by atoms with Crippen molar-refractivity contribution in [3.63, 3.8) is 0 Å². The maximum absolute atomic E-state index is 10.3. The molecule has 0 spiro atoms. The van der Waals surface area contributed by atoms with Crippen LogP contribution in [0.5, 0.6) is 5.95 Å². The molecule has 1 aromatic heterocycles. The smallest absolute Gasteiger partial charge is 0.313 e. The predicted molar refractivity (Wildman–Crippen MR) is 93.5 cm³/mol. The van der Waals surface area contributed by atoms with Gasteiger partial charge in [0.1, 0.15) is 0 Å². The molecule has 0 atom stereocenters. The predicted octanol–water partition coefficient (Wildman–Crippen LogP) is 4.22. The van der Waals surface area contributed by atoms with Crippen LogP contribution in [0.3, 0.4) is 0 Å². The van der Waals surface area contributed by atoms with Gasteiger partial charge in [0.2, 0.25) is 5.89 Å². The van der Waals surface area contributed by atoms with Gasteiger partial charge in [0.25, 0.3) is 0 Å². The Morgan fingerprint density at radius 1 is 1.00 bits per heavy atom. The molecule has 0 bridgehead atoms. The standard InChI is InChI=1S/C20H18N2O2/c1-20(2)12-14-10-6-7-11-15(14)16(22-20)17-19(23)24-18(21-17)13-8-4-3-5-9-13/h3-11,23H,12H2,1-2H3. The van der Waals surface area contributed by atoms with Gasteiger partial charge in [-0.2, -0.15) is 0 Å². The van der Waals surface area contributed by atoms with Gasteiger partial charge in [-0.1, -0.05) is 42.5 Å². The van der Waals surface area contributed by atoms with Crippen LogP contribution >= 0.6 is 0 Å². The fourth-order valence-electron chi connectivity index (χ4n) is 3.13. The number of aliphatic imine (C=N–C) groups is 1. The fourth-order valence-corrected chi connectivity index (χ4v) is 3.13. The van der Waals surface area contributed by atoms with E-state index >= 15 is 0 Å². The highest BCUT2D eigenvalue weighted by atomic mass is 16.5. The SMILES string of the molecule is CC1(C)Cc2ccccc2C(c2nc(-c3ccccc3)oc2O)=N1. The Labute approximate surface area is 140 Å². The first-order valence-corrected chi connectivity index (χ1v) is 7.97. The number of hydrogen-bond acceptors (Lipinski definition) is 4. The molecule has 2 aromatic carbocycles. The zero-order valence-electron chi connectivity index (χ0n) is 13.7. The van der Waals surface area contributed by atoms with Gasteiger partial charge in [-0.15, -0.1) is 0 Å². The van der Waals surface area contributed by atoms with Crippen molar-refractivity contribution >= 4 is 5.71 Å². The van der Waals surface area contributed by atoms with E-state index in [1.807, 2.05) is 48.5 Å². The molecule has 4 nitrogen and oxygen atoms in total. The molecule has 0 unspecified atom stereocenters. The molecule has 0 amide bonds. The minimum atomic E-state index is -0.248. The first kappa shape index (κ1) is 14.7. The van der Waals surface area contributed by atoms with Gasteiger partial charge in [0.05, 0.1) is 11.3 Å². The topological polar surface area (TPSA) is 58.6 Å². The Balaban J connectivity index is 1.87. The highest BCUT2D eigenvalue weighted by molar-refractivity contribution is 6.14. The molecule has 4 rings (SSSR count). The van der Waals surface area contributed by atoms with Crippen LogP contribution in [-0.4, -0.2) is 21.3 Å². The van der Waals surface area contributed by atoms with Crippen LogP contribution < -0.4 is 0 Å². The van der Waals surface area contributed by atoms with E-state index in [-0.39, 0.29) is 11.5 Å². The molecule has 0 fully saturated rings. The monoisotopic (exact) mass is 318 g/mol. The van der Waals surface area contributed by atoms with Gasteiger partial charge in [0, 0.05) is 11.1 Å². The van der Waals surface area contributed by atoms with Crippen molar-refractivity contribution < 1.29 is 9.52 Å². The van der Waals surface area contributed by atoms with Crippen LogP contribution in [0.2, 0.25) is 0 Å². The van der Waals surface area contributed by atoms with E-state index < -0.39 is 0 Å². The average Bonchev–Trinajstić information content (AvgIpc) is 2.96. The summed E-state index contributed by atoms with van der Waals surface area (Å²) < 4.78 is 5.50. The fraction of sp³-hybridized carbons (Fsp3) is 0.200. The minimum absolute atomic E-state index is 0.194. The van der Waals surface area contributed by atoms with E-state index in [0.717, 1.165) is 17.5 Å². The van der Waals surface area contributed by atoms with Crippen molar-refractivity contribution in [2.24, 2.45) is 4.99 Å². The molecular weight excluding hydrogens is 300 g/mol. The van der Waals surface area contributed by atoms with Crippen LogP contribution in [0.1, 0.15) is 30.7 Å². The van der Waals surface area contributed by atoms with Gasteiger partial charge in [-0.05, 0) is 38.0 Å². The van der Waals surface area contributed by atoms with Crippen molar-refractivity contribution in [1.82, 2.24) is 4.98 Å². The average molecular weight is 318 g/mol. The van der Waals surface area contributed by atoms with Crippen molar-refractivity contribution in [3.05, 3.63) is 71.4 Å². The van der Waals surface area contributed by atoms with Crippen LogP contribution in [0, 0.1) is 0 Å². The molecular formula is C20H18N2O2. The molecule has 3 aromatic rings. The highest BCUT2D eigenvalue weighted by Crippen LogP contribution is 2.33. The Hall–Kier alpha value is -2.88. The molecule has 0 saturated heterocycles. The zero-order valence-corrected chi connectivity index (χ0v) is 13.7. The second-order valence-electron chi connectivity index (χ2n) is 6.65. The third-order valence-electron chi connectivity index (χ3n) is 4.16. The summed E-state index contributed by atoms with van der Waals surface area (Å²) in [6.45, 7) is 4.16. The van der Waals surface area contributed by atoms with E-state index in [4.69, 9.17) is 9.41 Å². The number of rotatable bonds is 2. The summed E-state index contributed by atoms with van der Waals surface area (Å²) in [6, 6.07) is 17.7. The summed E-state index contributed by atoms with van der Waals surface area (Å²) in [5.41, 5.74) is 3.86. The quantitative estimate of drug-likeness (QED) is 0.769. The van der Waals surface area contributed by atoms with E-state index in [2.05, 4.69) is 24.9 Å². The Kier molecular flexibility index (Phi) is 3.27. The lowest BCUT2D eigenvalue weighted by molar-refractivity contribution is 0.336. The van der Waals surface area contributed by atoms with E-state index in [9.17, 15) is 5.11 Å². The summed E-state index contributed by atoms with van der Waals surface area (Å²) >= 11 is 0. The van der Waals surface area contributed by atoms with Gasteiger partial charge in [-0.25, -0.2) is 4.98 Å². The molecule has 120 valence electrons. The summed E-state index contributed by atoms with van der Waals surface area (Å²) in [4.78, 5) is 9.35. The van der Waals surface area contributed by atoms with Crippen molar-refractivity contribution in [2.75, 3.05) is 0 Å². The molecule has 0 radical (unpaired) electrons. The first-order valence-electron chi connectivity index (χ1n) is 7.97. The largest absolute Gasteiger partial charge is 0.479 e. The number of oxazole rings is 1. The van der Waals surface area contributed by atoms with Gasteiger partial charge in [0.15, 0.2) is 5.69 Å². The summed E-state index contributed by atoms with van der Waals surface area (Å²) in [5, 5.41) is 10.3. The molecule has 4 heteroatoms. The minimum Gasteiger partial charge on any atom is -0.479 e. The third kappa shape index (κ3) is 2.50. The van der Waals surface area contributed by atoms with Crippen molar-refractivity contribution in [1.29, 1.82) is 0 Å². The molecule has 1 aliphatic rings. The lowest BCUT2D eigenvalue weighted by Gasteiger charge is -2.28. The maximum Gasteiger partial charge on any atom is 0.313 e. The number of fused-ring (bicyclic) bond motifs is 1. The summed E-state index contributed by atoms with van der Waals surface area (Å²) in [6.07, 6.45) is 0.858. The normalized spacial score (nSPS) is 15.7. The molecule has 0 saturated carbocycles. The summed E-state index contributed by atoms with van der Waals surface area (Å²) in [5.74, 6) is 0.201. The number of hydrogen-bond donors (Lipinski definition) is 1. The van der Waals surface area contributed by atoms with Crippen molar-refractivity contribution in [2.45, 2.75) is 25.8 Å². The Morgan fingerprint density at radius 3 is 2.50 bits per heavy atom. The molecule has 1 aliphatic heterocycles. The lowest BCUT2D eigenvalue weighted by Crippen LogP contribution is -2.29. The number of aromatic hydroxyl groups is 1. The maximum atomic E-state index is 10.3. The van der Waals surface area contributed by atoms with E-state index in [1.54, 1.807) is 0 Å². The van der Waals surface area contributed by atoms with Gasteiger partial charge < -0.3 is 9.52 Å². The molecule has 2 heterocycles. The lowest BCUT2D eigenvalue weighted by atomic mass is 9.86. The molecule has 24 heavy (non-hydrogen) atoms. The van der Waals surface area contributed by atoms with Crippen LogP contribution in [0.4, 0.5) is 0 Å². The second-order valence-corrected chi connectivity index (χ2v) is 6.65.